The minimum atomic E-state index is -0.0289. The highest BCUT2D eigenvalue weighted by Gasteiger charge is 2.14. The number of hydrogen-bond donors (Lipinski definition) is 2. The van der Waals surface area contributed by atoms with Gasteiger partial charge in [-0.15, -0.1) is 0 Å². The summed E-state index contributed by atoms with van der Waals surface area (Å²) in [4.78, 5) is 4.34. The van der Waals surface area contributed by atoms with Crippen molar-refractivity contribution >= 4 is 5.69 Å². The summed E-state index contributed by atoms with van der Waals surface area (Å²) in [6, 6.07) is 11.6. The molecule has 1 aliphatic heterocycles. The molecule has 1 aromatic heterocycles. The largest absolute Gasteiger partial charge is 0.486 e. The Morgan fingerprint density at radius 3 is 2.75 bits per heavy atom. The Morgan fingerprint density at radius 2 is 2.00 bits per heavy atom. The molecule has 0 radical (unpaired) electrons. The molecule has 0 spiro atoms. The molecule has 0 bridgehead atoms. The summed E-state index contributed by atoms with van der Waals surface area (Å²) in [5, 5.41) is 3.37. The van der Waals surface area contributed by atoms with E-state index in [0.29, 0.717) is 19.8 Å². The topological polar surface area (TPSA) is 69.4 Å². The first-order valence-electron chi connectivity index (χ1n) is 6.64. The van der Waals surface area contributed by atoms with Gasteiger partial charge in [0, 0.05) is 24.5 Å². The fourth-order valence-electron chi connectivity index (χ4n) is 2.17. The summed E-state index contributed by atoms with van der Waals surface area (Å²) in [5.74, 6) is 1.54. The minimum absolute atomic E-state index is 0.0289. The molecular weight excluding hydrogens is 254 g/mol. The first kappa shape index (κ1) is 12.7. The Morgan fingerprint density at radius 1 is 1.15 bits per heavy atom. The fraction of sp³-hybridized carbons (Fsp3) is 0.267. The van der Waals surface area contributed by atoms with Crippen molar-refractivity contribution in [3.8, 4) is 11.5 Å². The van der Waals surface area contributed by atoms with Gasteiger partial charge in [-0.05, 0) is 24.3 Å². The molecule has 3 N–H and O–H groups in total. The molecule has 5 nitrogen and oxygen atoms in total. The van der Waals surface area contributed by atoms with E-state index in [-0.39, 0.29) is 6.04 Å². The fourth-order valence-corrected chi connectivity index (χ4v) is 2.17. The Hall–Kier alpha value is -2.27. The van der Waals surface area contributed by atoms with Crippen LogP contribution in [0.4, 0.5) is 5.69 Å². The molecule has 3 rings (SSSR count). The van der Waals surface area contributed by atoms with E-state index >= 15 is 0 Å². The van der Waals surface area contributed by atoms with Crippen LogP contribution in [0.1, 0.15) is 11.7 Å². The van der Waals surface area contributed by atoms with Crippen LogP contribution >= 0.6 is 0 Å². The van der Waals surface area contributed by atoms with Crippen LogP contribution in [0.2, 0.25) is 0 Å². The van der Waals surface area contributed by atoms with Crippen molar-refractivity contribution in [1.82, 2.24) is 4.98 Å². The number of pyridine rings is 1. The zero-order valence-corrected chi connectivity index (χ0v) is 11.1. The number of hydrogen-bond acceptors (Lipinski definition) is 5. The highest BCUT2D eigenvalue weighted by molar-refractivity contribution is 5.56. The second-order valence-electron chi connectivity index (χ2n) is 4.55. The van der Waals surface area contributed by atoms with Crippen molar-refractivity contribution in [2.24, 2.45) is 5.73 Å². The van der Waals surface area contributed by atoms with Crippen LogP contribution < -0.4 is 20.5 Å². The maximum Gasteiger partial charge on any atom is 0.163 e. The molecule has 0 amide bonds. The molecule has 20 heavy (non-hydrogen) atoms. The number of nitrogens with zero attached hydrogens (tertiary/aromatic N) is 1. The first-order valence-corrected chi connectivity index (χ1v) is 6.64. The maximum atomic E-state index is 5.83. The number of aromatic nitrogens is 1. The van der Waals surface area contributed by atoms with Crippen LogP contribution in [-0.2, 0) is 0 Å². The Balaban J connectivity index is 1.79. The molecule has 0 saturated heterocycles. The second kappa shape index (κ2) is 5.79. The number of fused-ring (bicyclic) bond motifs is 1. The van der Waals surface area contributed by atoms with Crippen LogP contribution in [0.25, 0.3) is 0 Å². The molecular formula is C15H17N3O2. The molecule has 2 heterocycles. The van der Waals surface area contributed by atoms with E-state index in [4.69, 9.17) is 15.2 Å². The average Bonchev–Trinajstić information content (AvgIpc) is 2.53. The van der Waals surface area contributed by atoms with Gasteiger partial charge >= 0.3 is 0 Å². The van der Waals surface area contributed by atoms with Crippen LogP contribution in [0.3, 0.4) is 0 Å². The lowest BCUT2D eigenvalue weighted by atomic mass is 10.1. The van der Waals surface area contributed by atoms with Gasteiger partial charge in [0.15, 0.2) is 11.5 Å². The summed E-state index contributed by atoms with van der Waals surface area (Å²) in [7, 11) is 0. The molecule has 0 aliphatic carbocycles. The summed E-state index contributed by atoms with van der Waals surface area (Å²) < 4.78 is 11.1. The van der Waals surface area contributed by atoms with Gasteiger partial charge in [-0.2, -0.15) is 0 Å². The number of nitrogens with two attached hydrogens (primary N) is 1. The van der Waals surface area contributed by atoms with Crippen molar-refractivity contribution < 1.29 is 9.47 Å². The average molecular weight is 271 g/mol. The summed E-state index contributed by atoms with van der Waals surface area (Å²) in [5.41, 5.74) is 7.69. The van der Waals surface area contributed by atoms with Gasteiger partial charge in [0.1, 0.15) is 13.2 Å². The zero-order valence-electron chi connectivity index (χ0n) is 11.1. The van der Waals surface area contributed by atoms with Crippen LogP contribution in [0.15, 0.2) is 42.6 Å². The predicted molar refractivity (Wildman–Crippen MR) is 77.1 cm³/mol. The van der Waals surface area contributed by atoms with Crippen molar-refractivity contribution in [2.45, 2.75) is 6.04 Å². The second-order valence-corrected chi connectivity index (χ2v) is 4.55. The third-order valence-electron chi connectivity index (χ3n) is 3.16. The van der Waals surface area contributed by atoms with E-state index < -0.39 is 0 Å². The number of anilines is 1. The molecule has 1 aromatic carbocycles. The lowest BCUT2D eigenvalue weighted by molar-refractivity contribution is 0.171. The third kappa shape index (κ3) is 2.67. The van der Waals surface area contributed by atoms with E-state index in [1.807, 2.05) is 36.4 Å². The van der Waals surface area contributed by atoms with E-state index in [0.717, 1.165) is 22.9 Å². The van der Waals surface area contributed by atoms with Crippen molar-refractivity contribution in [3.05, 3.63) is 48.3 Å². The highest BCUT2D eigenvalue weighted by Crippen LogP contribution is 2.33. The molecule has 0 saturated carbocycles. The van der Waals surface area contributed by atoms with Gasteiger partial charge in [0.25, 0.3) is 0 Å². The normalized spacial score (nSPS) is 14.7. The zero-order chi connectivity index (χ0) is 13.8. The maximum absolute atomic E-state index is 5.83. The summed E-state index contributed by atoms with van der Waals surface area (Å²) in [6.07, 6.45) is 1.77. The van der Waals surface area contributed by atoms with Crippen molar-refractivity contribution in [1.29, 1.82) is 0 Å². The monoisotopic (exact) mass is 271 g/mol. The van der Waals surface area contributed by atoms with Gasteiger partial charge in [0.2, 0.25) is 0 Å². The molecule has 1 atom stereocenters. The first-order chi connectivity index (χ1) is 9.86. The van der Waals surface area contributed by atoms with Crippen LogP contribution in [-0.4, -0.2) is 24.7 Å². The van der Waals surface area contributed by atoms with Gasteiger partial charge in [-0.3, -0.25) is 4.98 Å². The van der Waals surface area contributed by atoms with Gasteiger partial charge in [-0.25, -0.2) is 0 Å². The molecule has 104 valence electrons. The van der Waals surface area contributed by atoms with Crippen LogP contribution in [0, 0.1) is 0 Å². The van der Waals surface area contributed by atoms with Gasteiger partial charge < -0.3 is 20.5 Å². The Labute approximate surface area is 117 Å². The Kier molecular flexibility index (Phi) is 3.69. The molecule has 1 unspecified atom stereocenters. The van der Waals surface area contributed by atoms with Crippen molar-refractivity contribution in [2.75, 3.05) is 25.1 Å². The summed E-state index contributed by atoms with van der Waals surface area (Å²) >= 11 is 0. The van der Waals surface area contributed by atoms with E-state index in [9.17, 15) is 0 Å². The SMILES string of the molecule is NCC(Nc1ccc2c(c1)OCCO2)c1ccccn1. The predicted octanol–water partition coefficient (Wildman–Crippen LogP) is 1.96. The van der Waals surface area contributed by atoms with Gasteiger partial charge in [-0.1, -0.05) is 6.07 Å². The van der Waals surface area contributed by atoms with Crippen LogP contribution in [0.5, 0.6) is 11.5 Å². The quantitative estimate of drug-likeness (QED) is 0.889. The molecule has 1 aliphatic rings. The summed E-state index contributed by atoms with van der Waals surface area (Å²) in [6.45, 7) is 1.64. The number of nitrogens with one attached hydrogen (secondary N) is 1. The number of benzene rings is 1. The number of rotatable bonds is 4. The standard InChI is InChI=1S/C15H17N3O2/c16-10-13(12-3-1-2-6-17-12)18-11-4-5-14-15(9-11)20-8-7-19-14/h1-6,9,13,18H,7-8,10,16H2. The van der Waals surface area contributed by atoms with Crippen molar-refractivity contribution in [3.63, 3.8) is 0 Å². The molecule has 2 aromatic rings. The minimum Gasteiger partial charge on any atom is -0.486 e. The highest BCUT2D eigenvalue weighted by atomic mass is 16.6. The van der Waals surface area contributed by atoms with E-state index in [1.165, 1.54) is 0 Å². The van der Waals surface area contributed by atoms with Gasteiger partial charge in [0.05, 0.1) is 11.7 Å². The Bertz CT molecular complexity index is 575. The number of ether oxygens (including phenoxy) is 2. The third-order valence-corrected chi connectivity index (χ3v) is 3.16. The smallest absolute Gasteiger partial charge is 0.163 e. The van der Waals surface area contributed by atoms with E-state index in [1.54, 1.807) is 6.20 Å². The lowest BCUT2D eigenvalue weighted by Crippen LogP contribution is -2.22. The van der Waals surface area contributed by atoms with E-state index in [2.05, 4.69) is 10.3 Å². The molecule has 5 heteroatoms. The lowest BCUT2D eigenvalue weighted by Gasteiger charge is -2.21. The molecule has 0 fully saturated rings.